The lowest BCUT2D eigenvalue weighted by molar-refractivity contribution is -0.125. The molecular weight excluding hydrogens is 1270 g/mol. The Morgan fingerprint density at radius 2 is 0.967 bits per heavy atom. The van der Waals surface area contributed by atoms with E-state index in [9.17, 15) is 78.3 Å². The standard InChI is InChI=1S/C48H66N18O24P2/c1-3-61(11-27(71)57-29-33(73)23(87-43(29)63-7-5-25(69)59-47(63)77)15-83-91(79,80)89-37-21(13-67)85-45(35(37)75)65-19-55-31-39(49)51-17-53-41(31)65)9-10-62(4-2)12-28(72)58-30-34(74)24(88-44(30)64-8-6-26(70)60-48(64)78)16-84-92(81,82)90-38-22(14-68)86-46(36(38)76)66-20-56-32-40(50)52-18-54-42(32)66/h5-8,17-24,29-30,33-38,43-46,67-68,73-76H,3-4,9-16H2,1-2H3,(H,57,71)(H,58,72)(H,79,80)(H,81,82)(H2,49,51,53)(H2,50,52,54)(H,59,69,77)(H,60,70,78)/t21-,22-,23-,24-,29?,30?,33?,34?,35-,36-,37-,38-,43-,44-,45-,46-/m1/s1. The number of nitrogen functional groups attached to an aromatic ring is 2. The number of aliphatic hydroxyl groups excluding tert-OH is 6. The van der Waals surface area contributed by atoms with Crippen LogP contribution in [0.15, 0.2) is 69.0 Å². The van der Waals surface area contributed by atoms with Crippen LogP contribution in [-0.2, 0) is 55.8 Å². The average Bonchev–Trinajstić information content (AvgIpc) is 1.64. The Kier molecular flexibility index (Phi) is 20.7. The lowest BCUT2D eigenvalue weighted by Gasteiger charge is -2.28. The highest BCUT2D eigenvalue weighted by Gasteiger charge is 2.53. The summed E-state index contributed by atoms with van der Waals surface area (Å²) in [5.74, 6) is -1.46. The van der Waals surface area contributed by atoms with Crippen LogP contribution in [0, 0.1) is 0 Å². The normalized spacial score (nSPS) is 29.6. The zero-order valence-electron chi connectivity index (χ0n) is 48.5. The zero-order valence-corrected chi connectivity index (χ0v) is 50.2. The molecule has 0 aromatic carbocycles. The van der Waals surface area contributed by atoms with Crippen LogP contribution in [0.4, 0.5) is 11.6 Å². The summed E-state index contributed by atoms with van der Waals surface area (Å²) in [6.07, 6.45) is -15.6. The average molecular weight is 1340 g/mol. The number of phosphoric acid groups is 2. The third-order valence-corrected chi connectivity index (χ3v) is 17.6. The Morgan fingerprint density at radius 1 is 0.587 bits per heavy atom. The number of amides is 2. The second-order valence-electron chi connectivity index (χ2n) is 21.4. The molecule has 2 amide bonds. The predicted octanol–water partition coefficient (Wildman–Crippen LogP) is -7.43. The Bertz CT molecular complexity index is 3720. The van der Waals surface area contributed by atoms with Crippen molar-refractivity contribution in [2.75, 3.05) is 77.2 Å². The molecule has 10 heterocycles. The molecule has 42 nitrogen and oxygen atoms in total. The summed E-state index contributed by atoms with van der Waals surface area (Å²) in [7, 11) is -10.5. The molecule has 502 valence electrons. The lowest BCUT2D eigenvalue weighted by Crippen LogP contribution is -2.52. The number of anilines is 2. The molecule has 0 bridgehead atoms. The van der Waals surface area contributed by atoms with Crippen LogP contribution in [0.25, 0.3) is 22.3 Å². The quantitative estimate of drug-likeness (QED) is 0.0213. The van der Waals surface area contributed by atoms with Gasteiger partial charge in [0, 0.05) is 37.6 Å². The van der Waals surface area contributed by atoms with E-state index in [0.29, 0.717) is 0 Å². The van der Waals surface area contributed by atoms with E-state index < -0.39 is 174 Å². The van der Waals surface area contributed by atoms with Crippen molar-refractivity contribution in [3.05, 3.63) is 91.5 Å². The molecule has 16 N–H and O–H groups in total. The Balaban J connectivity index is 0.744. The van der Waals surface area contributed by atoms with Gasteiger partial charge in [0.1, 0.15) is 96.8 Å². The van der Waals surface area contributed by atoms with Gasteiger partial charge in [-0.15, -0.1) is 0 Å². The van der Waals surface area contributed by atoms with Crippen LogP contribution < -0.4 is 44.6 Å². The molecule has 6 aromatic rings. The van der Waals surface area contributed by atoms with Gasteiger partial charge in [0.2, 0.25) is 11.8 Å². The highest BCUT2D eigenvalue weighted by atomic mass is 31.2. The summed E-state index contributed by atoms with van der Waals surface area (Å²) >= 11 is 0. The van der Waals surface area contributed by atoms with Crippen molar-refractivity contribution in [1.29, 1.82) is 0 Å². The van der Waals surface area contributed by atoms with Crippen LogP contribution in [0.5, 0.6) is 0 Å². The summed E-state index contributed by atoms with van der Waals surface area (Å²) in [6, 6.07) is -1.07. The number of phosphoric ester groups is 2. The maximum atomic E-state index is 13.9. The maximum Gasteiger partial charge on any atom is 0.472 e. The Hall–Kier alpha value is -7.26. The molecule has 6 aromatic heterocycles. The number of hydrogen-bond acceptors (Lipinski definition) is 32. The van der Waals surface area contributed by atoms with Crippen LogP contribution >= 0.6 is 15.6 Å². The summed E-state index contributed by atoms with van der Waals surface area (Å²) in [4.78, 5) is 131. The number of rotatable bonds is 27. The molecule has 0 aliphatic carbocycles. The minimum Gasteiger partial charge on any atom is -0.394 e. The first-order valence-corrected chi connectivity index (χ1v) is 31.2. The fourth-order valence-corrected chi connectivity index (χ4v) is 12.9. The van der Waals surface area contributed by atoms with E-state index >= 15 is 0 Å². The number of aromatic amines is 2. The van der Waals surface area contributed by atoms with E-state index in [-0.39, 0.29) is 73.2 Å². The molecule has 4 saturated heterocycles. The van der Waals surface area contributed by atoms with E-state index in [2.05, 4.69) is 40.5 Å². The molecule has 4 fully saturated rings. The molecular formula is C48H66N18O24P2. The minimum absolute atomic E-state index is 0.00906. The van der Waals surface area contributed by atoms with Gasteiger partial charge in [-0.3, -0.25) is 75.3 Å². The summed E-state index contributed by atoms with van der Waals surface area (Å²) in [6.45, 7) is -0.117. The molecule has 18 atom stereocenters. The smallest absolute Gasteiger partial charge is 0.394 e. The first kappa shape index (κ1) is 67.6. The molecule has 0 spiro atoms. The number of nitrogens with two attached hydrogens (primary N) is 2. The number of nitrogens with zero attached hydrogens (tertiary/aromatic N) is 12. The van der Waals surface area contributed by atoms with Gasteiger partial charge in [-0.05, 0) is 13.1 Å². The van der Waals surface area contributed by atoms with Gasteiger partial charge < -0.3 is 81.5 Å². The molecule has 10 rings (SSSR count). The van der Waals surface area contributed by atoms with Crippen molar-refractivity contribution >= 4 is 61.4 Å². The topological polar surface area (TPSA) is 583 Å². The van der Waals surface area contributed by atoms with Gasteiger partial charge in [0.15, 0.2) is 47.8 Å². The van der Waals surface area contributed by atoms with Crippen molar-refractivity contribution in [1.82, 2.24) is 78.6 Å². The van der Waals surface area contributed by atoms with Crippen molar-refractivity contribution in [2.24, 2.45) is 0 Å². The van der Waals surface area contributed by atoms with Crippen molar-refractivity contribution in [3.8, 4) is 0 Å². The second kappa shape index (κ2) is 28.1. The molecule has 92 heavy (non-hydrogen) atoms. The van der Waals surface area contributed by atoms with E-state index in [1.54, 1.807) is 23.6 Å². The SMILES string of the molecule is CCN(CCN(CC)CC(=O)NC1C(O)[C@@H](COP(=O)(O)O[C@H]2[C@@H](O)[C@H](n3cnc4c(N)ncnc43)O[C@@H]2CO)O[C@H]1n1ccc(=O)[nH]c1=O)CC(=O)NC1C(O)[C@@H](COP(=O)(O)O[C@H]2[C@@H](O)[C@H](n3cnc4c(N)ncnc43)O[C@@H]2CO)O[C@H]1n1ccc(=O)[nH]c1=O. The van der Waals surface area contributed by atoms with Crippen molar-refractivity contribution in [2.45, 2.75) is 112 Å². The number of aliphatic hydroxyl groups is 6. The second-order valence-corrected chi connectivity index (χ2v) is 24.2. The zero-order chi connectivity index (χ0) is 66.1. The van der Waals surface area contributed by atoms with Crippen LogP contribution in [0.2, 0.25) is 0 Å². The van der Waals surface area contributed by atoms with Gasteiger partial charge in [0.05, 0.1) is 52.2 Å². The highest BCUT2D eigenvalue weighted by Crippen LogP contribution is 2.51. The highest BCUT2D eigenvalue weighted by molar-refractivity contribution is 7.47. The van der Waals surface area contributed by atoms with E-state index in [0.717, 1.165) is 46.3 Å². The van der Waals surface area contributed by atoms with Crippen LogP contribution in [0.1, 0.15) is 38.8 Å². The van der Waals surface area contributed by atoms with Gasteiger partial charge in [-0.2, -0.15) is 0 Å². The van der Waals surface area contributed by atoms with Crippen LogP contribution in [-0.4, -0.2) is 259 Å². The van der Waals surface area contributed by atoms with E-state index in [4.69, 9.17) is 48.5 Å². The predicted molar refractivity (Wildman–Crippen MR) is 305 cm³/mol. The van der Waals surface area contributed by atoms with Crippen molar-refractivity contribution < 1.29 is 96.2 Å². The molecule has 44 heteroatoms. The van der Waals surface area contributed by atoms with Gasteiger partial charge in [-0.25, -0.2) is 48.6 Å². The number of nitrogens with one attached hydrogen (secondary N) is 4. The lowest BCUT2D eigenvalue weighted by atomic mass is 10.1. The Morgan fingerprint density at radius 3 is 1.33 bits per heavy atom. The molecule has 4 aliphatic rings. The van der Waals surface area contributed by atoms with Crippen LogP contribution in [0.3, 0.4) is 0 Å². The molecule has 0 radical (unpaired) electrons. The number of aromatic nitrogens is 12. The number of carbonyl (C=O) groups excluding carboxylic acids is 2. The largest absolute Gasteiger partial charge is 0.472 e. The molecule has 0 saturated carbocycles. The fraction of sp³-hybridized carbons (Fsp3) is 0.583. The van der Waals surface area contributed by atoms with E-state index in [1.165, 1.54) is 21.8 Å². The fourth-order valence-electron chi connectivity index (χ4n) is 10.9. The van der Waals surface area contributed by atoms with E-state index in [1.807, 2.05) is 9.97 Å². The minimum atomic E-state index is -5.27. The number of carbonyl (C=O) groups is 2. The summed E-state index contributed by atoms with van der Waals surface area (Å²) < 4.78 is 75.6. The number of likely N-dealkylation sites (N-methyl/N-ethyl adjacent to an activating group) is 2. The van der Waals surface area contributed by atoms with Crippen molar-refractivity contribution in [3.63, 3.8) is 0 Å². The third-order valence-electron chi connectivity index (χ3n) is 15.6. The number of imidazole rings is 2. The van der Waals surface area contributed by atoms with Gasteiger partial charge >= 0.3 is 27.0 Å². The number of hydrogen-bond donors (Lipinski definition) is 14. The Labute approximate surface area is 515 Å². The van der Waals surface area contributed by atoms with Gasteiger partial charge in [-0.1, -0.05) is 13.8 Å². The number of ether oxygens (including phenoxy) is 4. The summed E-state index contributed by atoms with van der Waals surface area (Å²) in [5.41, 5.74) is 8.66. The summed E-state index contributed by atoms with van der Waals surface area (Å²) in [5, 5.41) is 71.2. The number of fused-ring (bicyclic) bond motifs is 2. The molecule has 4 aliphatic heterocycles. The third kappa shape index (κ3) is 14.4. The molecule has 6 unspecified atom stereocenters. The van der Waals surface area contributed by atoms with Gasteiger partial charge in [0.25, 0.3) is 11.1 Å². The maximum absolute atomic E-state index is 13.9. The first-order chi connectivity index (χ1) is 43.8. The number of H-pyrrole nitrogens is 2. The monoisotopic (exact) mass is 1340 g/mol. The first-order valence-electron chi connectivity index (χ1n) is 28.2.